The fourth-order valence-corrected chi connectivity index (χ4v) is 2.90. The third-order valence-electron chi connectivity index (χ3n) is 3.84. The molecular formula is C15H15NO6. The number of nitro benzene ring substituents is 1. The number of rotatable bonds is 3. The number of carbonyl (C=O) groups excluding carboxylic acids is 2. The number of nitro groups is 1. The van der Waals surface area contributed by atoms with Crippen LogP contribution >= 0.6 is 0 Å². The molecule has 22 heavy (non-hydrogen) atoms. The first kappa shape index (κ1) is 15.7. The molecule has 0 bridgehead atoms. The van der Waals surface area contributed by atoms with Crippen LogP contribution in [0.2, 0.25) is 0 Å². The van der Waals surface area contributed by atoms with E-state index in [1.807, 2.05) is 0 Å². The second kappa shape index (κ2) is 5.59. The van der Waals surface area contributed by atoms with Gasteiger partial charge in [-0.25, -0.2) is 0 Å². The van der Waals surface area contributed by atoms with Crippen LogP contribution in [0.3, 0.4) is 0 Å². The summed E-state index contributed by atoms with van der Waals surface area (Å²) in [6.45, 7) is 3.81. The largest absolute Gasteiger partial charge is 0.468 e. The summed E-state index contributed by atoms with van der Waals surface area (Å²) in [5, 5.41) is 11.1. The molecule has 0 amide bonds. The number of esters is 2. The summed E-state index contributed by atoms with van der Waals surface area (Å²) in [5.41, 5.74) is -0.435. The predicted molar refractivity (Wildman–Crippen MR) is 76.9 cm³/mol. The number of fused-ring (bicyclic) bond motifs is 1. The molecule has 7 nitrogen and oxygen atoms in total. The van der Waals surface area contributed by atoms with E-state index in [1.54, 1.807) is 6.07 Å². The van der Waals surface area contributed by atoms with Gasteiger partial charge in [-0.1, -0.05) is 18.7 Å². The quantitative estimate of drug-likeness (QED) is 0.366. The summed E-state index contributed by atoms with van der Waals surface area (Å²) in [4.78, 5) is 35.0. The van der Waals surface area contributed by atoms with Crippen molar-refractivity contribution in [1.29, 1.82) is 0 Å². The van der Waals surface area contributed by atoms with Crippen LogP contribution in [0.1, 0.15) is 17.5 Å². The lowest BCUT2D eigenvalue weighted by molar-refractivity contribution is -0.385. The van der Waals surface area contributed by atoms with Gasteiger partial charge in [0.2, 0.25) is 0 Å². The van der Waals surface area contributed by atoms with Crippen LogP contribution in [0.4, 0.5) is 5.69 Å². The molecule has 0 radical (unpaired) electrons. The SMILES string of the molecule is C=C1CC(C(=O)OC)(C(=O)OC)Cc2cccc([N+](=O)[O-])c21. The molecule has 1 aliphatic carbocycles. The zero-order valence-corrected chi connectivity index (χ0v) is 12.3. The fourth-order valence-electron chi connectivity index (χ4n) is 2.90. The van der Waals surface area contributed by atoms with Crippen LogP contribution in [0.25, 0.3) is 5.57 Å². The van der Waals surface area contributed by atoms with Crippen LogP contribution < -0.4 is 0 Å². The van der Waals surface area contributed by atoms with E-state index in [1.165, 1.54) is 26.4 Å². The van der Waals surface area contributed by atoms with E-state index < -0.39 is 22.3 Å². The molecule has 0 aliphatic heterocycles. The molecule has 0 aromatic heterocycles. The summed E-state index contributed by atoms with van der Waals surface area (Å²) < 4.78 is 9.48. The van der Waals surface area contributed by atoms with Crippen LogP contribution in [0, 0.1) is 15.5 Å². The van der Waals surface area contributed by atoms with E-state index in [2.05, 4.69) is 6.58 Å². The summed E-state index contributed by atoms with van der Waals surface area (Å²) in [6, 6.07) is 4.51. The van der Waals surface area contributed by atoms with E-state index in [0.29, 0.717) is 16.7 Å². The molecule has 1 aromatic rings. The van der Waals surface area contributed by atoms with Gasteiger partial charge in [0, 0.05) is 12.5 Å². The van der Waals surface area contributed by atoms with Gasteiger partial charge in [-0.15, -0.1) is 0 Å². The van der Waals surface area contributed by atoms with E-state index in [-0.39, 0.29) is 18.5 Å². The first-order chi connectivity index (χ1) is 10.4. The van der Waals surface area contributed by atoms with Crippen molar-refractivity contribution in [3.63, 3.8) is 0 Å². The molecule has 0 unspecified atom stereocenters. The Hall–Kier alpha value is -2.70. The Kier molecular flexibility index (Phi) is 3.99. The Bertz CT molecular complexity index is 663. The molecule has 116 valence electrons. The highest BCUT2D eigenvalue weighted by atomic mass is 16.6. The number of benzene rings is 1. The maximum Gasteiger partial charge on any atom is 0.323 e. The topological polar surface area (TPSA) is 95.7 Å². The maximum atomic E-state index is 12.2. The molecule has 0 saturated heterocycles. The van der Waals surface area contributed by atoms with Gasteiger partial charge in [0.1, 0.15) is 0 Å². The minimum absolute atomic E-state index is 0.0254. The Morgan fingerprint density at radius 2 is 1.82 bits per heavy atom. The van der Waals surface area contributed by atoms with Crippen LogP contribution in [0.5, 0.6) is 0 Å². The fraction of sp³-hybridized carbons (Fsp3) is 0.333. The molecular weight excluding hydrogens is 290 g/mol. The van der Waals surface area contributed by atoms with Crippen molar-refractivity contribution in [3.05, 3.63) is 46.0 Å². The standard InChI is InChI=1S/C15H15NO6/c1-9-7-15(13(17)21-2,14(18)22-3)8-10-5-4-6-11(12(9)10)16(19)20/h4-6H,1,7-8H2,2-3H3. The summed E-state index contributed by atoms with van der Waals surface area (Å²) >= 11 is 0. The van der Waals surface area contributed by atoms with Gasteiger partial charge in [-0.2, -0.15) is 0 Å². The van der Waals surface area contributed by atoms with Gasteiger partial charge in [-0.05, 0) is 17.6 Å². The van der Waals surface area contributed by atoms with Crippen LogP contribution in [0.15, 0.2) is 24.8 Å². The third-order valence-corrected chi connectivity index (χ3v) is 3.84. The van der Waals surface area contributed by atoms with Crippen LogP contribution in [-0.2, 0) is 25.5 Å². The number of methoxy groups -OCH3 is 2. The average Bonchev–Trinajstić information content (AvgIpc) is 2.52. The first-order valence-corrected chi connectivity index (χ1v) is 6.48. The zero-order valence-electron chi connectivity index (χ0n) is 12.3. The molecule has 0 N–H and O–H groups in total. The monoisotopic (exact) mass is 305 g/mol. The molecule has 0 saturated carbocycles. The highest BCUT2D eigenvalue weighted by Gasteiger charge is 2.52. The van der Waals surface area contributed by atoms with E-state index in [4.69, 9.17) is 9.47 Å². The highest BCUT2D eigenvalue weighted by molar-refractivity contribution is 6.03. The molecule has 0 fully saturated rings. The smallest absolute Gasteiger partial charge is 0.323 e. The molecule has 2 rings (SSSR count). The number of carbonyl (C=O) groups is 2. The predicted octanol–water partition coefficient (Wildman–Crippen LogP) is 1.89. The van der Waals surface area contributed by atoms with Crippen molar-refractivity contribution in [1.82, 2.24) is 0 Å². The van der Waals surface area contributed by atoms with Crippen molar-refractivity contribution < 1.29 is 24.0 Å². The summed E-state index contributed by atoms with van der Waals surface area (Å²) in [7, 11) is 2.36. The van der Waals surface area contributed by atoms with Gasteiger partial charge >= 0.3 is 11.9 Å². The number of ether oxygens (including phenoxy) is 2. The van der Waals surface area contributed by atoms with E-state index in [9.17, 15) is 19.7 Å². The number of hydrogen-bond acceptors (Lipinski definition) is 6. The Morgan fingerprint density at radius 3 is 2.32 bits per heavy atom. The normalized spacial score (nSPS) is 15.6. The van der Waals surface area contributed by atoms with Crippen molar-refractivity contribution in [3.8, 4) is 0 Å². The van der Waals surface area contributed by atoms with Gasteiger partial charge in [-0.3, -0.25) is 19.7 Å². The van der Waals surface area contributed by atoms with Crippen molar-refractivity contribution in [2.45, 2.75) is 12.8 Å². The van der Waals surface area contributed by atoms with Gasteiger partial charge < -0.3 is 9.47 Å². The highest BCUT2D eigenvalue weighted by Crippen LogP contribution is 2.45. The van der Waals surface area contributed by atoms with Gasteiger partial charge in [0.25, 0.3) is 5.69 Å². The lowest BCUT2D eigenvalue weighted by atomic mass is 9.69. The zero-order chi connectivity index (χ0) is 16.5. The molecule has 0 atom stereocenters. The Balaban J connectivity index is 2.62. The number of allylic oxidation sites excluding steroid dienone is 1. The van der Waals surface area contributed by atoms with Gasteiger partial charge in [0.15, 0.2) is 5.41 Å². The van der Waals surface area contributed by atoms with Crippen molar-refractivity contribution in [2.75, 3.05) is 14.2 Å². The second-order valence-electron chi connectivity index (χ2n) is 5.09. The van der Waals surface area contributed by atoms with E-state index >= 15 is 0 Å². The van der Waals surface area contributed by atoms with Crippen molar-refractivity contribution >= 4 is 23.2 Å². The lowest BCUT2D eigenvalue weighted by Gasteiger charge is -2.33. The summed E-state index contributed by atoms with van der Waals surface area (Å²) in [6.07, 6.45) is -0.105. The van der Waals surface area contributed by atoms with E-state index in [0.717, 1.165) is 0 Å². The minimum atomic E-state index is -1.55. The second-order valence-corrected chi connectivity index (χ2v) is 5.09. The third kappa shape index (κ3) is 2.24. The van der Waals surface area contributed by atoms with Crippen molar-refractivity contribution in [2.24, 2.45) is 5.41 Å². The molecule has 7 heteroatoms. The molecule has 0 heterocycles. The summed E-state index contributed by atoms with van der Waals surface area (Å²) in [5.74, 6) is -1.48. The molecule has 0 spiro atoms. The first-order valence-electron chi connectivity index (χ1n) is 6.48. The van der Waals surface area contributed by atoms with Gasteiger partial charge in [0.05, 0.1) is 24.7 Å². The Labute approximate surface area is 126 Å². The minimum Gasteiger partial charge on any atom is -0.468 e. The lowest BCUT2D eigenvalue weighted by Crippen LogP contribution is -2.45. The molecule has 1 aromatic carbocycles. The maximum absolute atomic E-state index is 12.2. The van der Waals surface area contributed by atoms with Crippen LogP contribution in [-0.4, -0.2) is 31.1 Å². The Morgan fingerprint density at radius 1 is 1.23 bits per heavy atom. The number of nitrogens with zero attached hydrogens (tertiary/aromatic N) is 1. The molecule has 1 aliphatic rings. The number of hydrogen-bond donors (Lipinski definition) is 0. The average molecular weight is 305 g/mol.